The van der Waals surface area contributed by atoms with E-state index in [9.17, 15) is 4.79 Å². The lowest BCUT2D eigenvalue weighted by Crippen LogP contribution is -2.27. The van der Waals surface area contributed by atoms with Crippen molar-refractivity contribution in [3.8, 4) is 5.75 Å². The minimum Gasteiger partial charge on any atom is -0.483 e. The molecular weight excluding hydrogens is 360 g/mol. The molecule has 0 radical (unpaired) electrons. The Morgan fingerprint density at radius 3 is 3.00 bits per heavy atom. The summed E-state index contributed by atoms with van der Waals surface area (Å²) in [5.41, 5.74) is 0.923. The molecule has 9 nitrogen and oxygen atoms in total. The summed E-state index contributed by atoms with van der Waals surface area (Å²) in [5, 5.41) is 14.3. The van der Waals surface area contributed by atoms with Gasteiger partial charge in [-0.1, -0.05) is 23.4 Å². The van der Waals surface area contributed by atoms with E-state index in [1.54, 1.807) is 26.1 Å². The molecule has 0 aliphatic rings. The Morgan fingerprint density at radius 2 is 2.18 bits per heavy atom. The number of nitrogens with one attached hydrogen (secondary N) is 2. The highest BCUT2D eigenvalue weighted by atomic mass is 16.5. The number of benzene rings is 1. The number of carbonyl (C=O) groups is 1. The van der Waals surface area contributed by atoms with E-state index in [4.69, 9.17) is 9.26 Å². The van der Waals surface area contributed by atoms with Gasteiger partial charge in [-0.3, -0.25) is 14.9 Å². The maximum atomic E-state index is 12.3. The van der Waals surface area contributed by atoms with Crippen LogP contribution >= 0.6 is 0 Å². The van der Waals surface area contributed by atoms with E-state index in [0.717, 1.165) is 10.9 Å². The number of pyridine rings is 1. The molecule has 0 aliphatic heterocycles. The van der Waals surface area contributed by atoms with Crippen LogP contribution in [0.3, 0.4) is 0 Å². The number of rotatable bonds is 6. The molecule has 0 bridgehead atoms. The van der Waals surface area contributed by atoms with Crippen LogP contribution in [0.1, 0.15) is 40.9 Å². The minimum absolute atomic E-state index is 0.131. The van der Waals surface area contributed by atoms with E-state index < -0.39 is 0 Å². The molecule has 4 rings (SSSR count). The summed E-state index contributed by atoms with van der Waals surface area (Å²) >= 11 is 0. The Morgan fingerprint density at radius 1 is 1.32 bits per heavy atom. The predicted molar refractivity (Wildman–Crippen MR) is 99.6 cm³/mol. The van der Waals surface area contributed by atoms with Gasteiger partial charge in [0, 0.05) is 17.6 Å². The van der Waals surface area contributed by atoms with Crippen molar-refractivity contribution < 1.29 is 14.1 Å². The van der Waals surface area contributed by atoms with Gasteiger partial charge in [0.2, 0.25) is 0 Å². The summed E-state index contributed by atoms with van der Waals surface area (Å²) in [6.45, 7) is 3.71. The summed E-state index contributed by atoms with van der Waals surface area (Å²) in [5.74, 6) is 1.87. The Balaban J connectivity index is 1.40. The van der Waals surface area contributed by atoms with E-state index in [-0.39, 0.29) is 24.2 Å². The fourth-order valence-corrected chi connectivity index (χ4v) is 2.72. The maximum Gasteiger partial charge on any atom is 0.274 e. The van der Waals surface area contributed by atoms with Crippen molar-refractivity contribution in [2.24, 2.45) is 0 Å². The zero-order valence-electron chi connectivity index (χ0n) is 15.3. The van der Waals surface area contributed by atoms with Crippen molar-refractivity contribution >= 4 is 16.8 Å². The second kappa shape index (κ2) is 7.47. The van der Waals surface area contributed by atoms with Crippen LogP contribution in [0.25, 0.3) is 10.9 Å². The number of ether oxygens (including phenoxy) is 1. The van der Waals surface area contributed by atoms with E-state index in [0.29, 0.717) is 23.2 Å². The highest BCUT2D eigenvalue weighted by Crippen LogP contribution is 2.24. The highest BCUT2D eigenvalue weighted by Gasteiger charge is 2.18. The normalized spacial score (nSPS) is 12.1. The first-order valence-corrected chi connectivity index (χ1v) is 8.72. The molecule has 4 aromatic rings. The van der Waals surface area contributed by atoms with Crippen molar-refractivity contribution in [3.63, 3.8) is 0 Å². The van der Waals surface area contributed by atoms with E-state index >= 15 is 0 Å². The van der Waals surface area contributed by atoms with Gasteiger partial charge in [0.15, 0.2) is 17.3 Å². The first-order chi connectivity index (χ1) is 13.6. The first-order valence-electron chi connectivity index (χ1n) is 8.72. The summed E-state index contributed by atoms with van der Waals surface area (Å²) in [6, 6.07) is 10.7. The van der Waals surface area contributed by atoms with Gasteiger partial charge in [-0.05, 0) is 26.0 Å². The molecule has 0 fully saturated rings. The zero-order valence-corrected chi connectivity index (χ0v) is 15.3. The monoisotopic (exact) mass is 378 g/mol. The lowest BCUT2D eigenvalue weighted by Gasteiger charge is -2.08. The van der Waals surface area contributed by atoms with Crippen LogP contribution in [0.5, 0.6) is 5.75 Å². The summed E-state index contributed by atoms with van der Waals surface area (Å²) in [7, 11) is 0. The number of fused-ring (bicyclic) bond motifs is 1. The van der Waals surface area contributed by atoms with Gasteiger partial charge in [0.25, 0.3) is 5.91 Å². The average molecular weight is 378 g/mol. The van der Waals surface area contributed by atoms with E-state index in [2.05, 4.69) is 30.6 Å². The van der Waals surface area contributed by atoms with E-state index in [1.165, 1.54) is 0 Å². The predicted octanol–water partition coefficient (Wildman–Crippen LogP) is 2.72. The lowest BCUT2D eigenvalue weighted by molar-refractivity contribution is 0.0929. The van der Waals surface area contributed by atoms with Crippen LogP contribution < -0.4 is 10.1 Å². The van der Waals surface area contributed by atoms with Crippen LogP contribution in [0.15, 0.2) is 47.1 Å². The molecule has 0 saturated carbocycles. The van der Waals surface area contributed by atoms with Gasteiger partial charge >= 0.3 is 0 Å². The molecular formula is C19H18N6O3. The number of nitrogens with zero attached hydrogens (tertiary/aromatic N) is 4. The average Bonchev–Trinajstić information content (AvgIpc) is 3.35. The summed E-state index contributed by atoms with van der Waals surface area (Å²) in [6.07, 6.45) is 1.71. The number of carbonyl (C=O) groups excluding carboxylic acids is 1. The topological polar surface area (TPSA) is 119 Å². The lowest BCUT2D eigenvalue weighted by atomic mass is 10.2. The maximum absolute atomic E-state index is 12.3. The third-order valence-corrected chi connectivity index (χ3v) is 4.11. The number of H-pyrrole nitrogens is 1. The fourth-order valence-electron chi connectivity index (χ4n) is 2.72. The second-order valence-electron chi connectivity index (χ2n) is 6.27. The van der Waals surface area contributed by atoms with Crippen LogP contribution in [0.2, 0.25) is 0 Å². The van der Waals surface area contributed by atoms with Gasteiger partial charge in [-0.15, -0.1) is 0 Å². The molecule has 3 aromatic heterocycles. The Bertz CT molecular complexity index is 1110. The Kier molecular flexibility index (Phi) is 4.71. The van der Waals surface area contributed by atoms with Crippen LogP contribution in [0, 0.1) is 6.92 Å². The van der Waals surface area contributed by atoms with Crippen molar-refractivity contribution in [1.82, 2.24) is 30.6 Å². The number of hydrogen-bond acceptors (Lipinski definition) is 7. The van der Waals surface area contributed by atoms with Gasteiger partial charge in [0.1, 0.15) is 23.7 Å². The van der Waals surface area contributed by atoms with Crippen LogP contribution in [-0.2, 0) is 6.61 Å². The van der Waals surface area contributed by atoms with Gasteiger partial charge in [-0.25, -0.2) is 4.98 Å². The van der Waals surface area contributed by atoms with Crippen molar-refractivity contribution in [2.45, 2.75) is 26.5 Å². The number of hydrogen-bond donors (Lipinski definition) is 2. The van der Waals surface area contributed by atoms with Crippen LogP contribution in [-0.4, -0.2) is 31.2 Å². The van der Waals surface area contributed by atoms with Crippen molar-refractivity contribution in [3.05, 3.63) is 65.7 Å². The minimum atomic E-state index is -0.378. The molecule has 1 atom stereocenters. The fraction of sp³-hybridized carbons (Fsp3) is 0.211. The molecule has 28 heavy (non-hydrogen) atoms. The number of aromatic nitrogens is 5. The number of aromatic amines is 1. The highest BCUT2D eigenvalue weighted by molar-refractivity contribution is 5.92. The molecule has 142 valence electrons. The largest absolute Gasteiger partial charge is 0.483 e. The molecule has 0 unspecified atom stereocenters. The van der Waals surface area contributed by atoms with Gasteiger partial charge in [-0.2, -0.15) is 5.10 Å². The van der Waals surface area contributed by atoms with E-state index in [1.807, 2.05) is 30.3 Å². The van der Waals surface area contributed by atoms with Crippen molar-refractivity contribution in [2.75, 3.05) is 0 Å². The Hall–Kier alpha value is -3.75. The standard InChI is InChI=1S/C19H18N6O3/c1-11(18-22-12(2)23-24-18)21-19(26)15-9-14(28-25-15)10-27-16-7-3-5-13-6-4-8-20-17(13)16/h3-9,11H,10H2,1-2H3,(H,21,26)(H,22,23,24)/t11-/m1/s1. The third kappa shape index (κ3) is 3.68. The van der Waals surface area contributed by atoms with Crippen LogP contribution in [0.4, 0.5) is 0 Å². The smallest absolute Gasteiger partial charge is 0.274 e. The molecule has 0 saturated heterocycles. The molecule has 9 heteroatoms. The first kappa shape index (κ1) is 17.7. The number of para-hydroxylation sites is 1. The third-order valence-electron chi connectivity index (χ3n) is 4.11. The summed E-state index contributed by atoms with van der Waals surface area (Å²) < 4.78 is 11.0. The van der Waals surface area contributed by atoms with Gasteiger partial charge < -0.3 is 14.6 Å². The molecule has 2 N–H and O–H groups in total. The quantitative estimate of drug-likeness (QED) is 0.529. The number of aryl methyl sites for hydroxylation is 1. The van der Waals surface area contributed by atoms with Gasteiger partial charge in [0.05, 0.1) is 6.04 Å². The second-order valence-corrected chi connectivity index (χ2v) is 6.27. The van der Waals surface area contributed by atoms with Crippen molar-refractivity contribution in [1.29, 1.82) is 0 Å². The molecule has 3 heterocycles. The molecule has 0 aliphatic carbocycles. The number of amides is 1. The summed E-state index contributed by atoms with van der Waals surface area (Å²) in [4.78, 5) is 20.9. The molecule has 1 amide bonds. The zero-order chi connectivity index (χ0) is 19.5. The molecule has 0 spiro atoms. The Labute approximate surface area is 160 Å². The SMILES string of the molecule is Cc1nc([C@@H](C)NC(=O)c2cc(COc3cccc4cccnc34)on2)n[nH]1. The molecule has 1 aromatic carbocycles.